The summed E-state index contributed by atoms with van der Waals surface area (Å²) in [6, 6.07) is 25.6. The number of para-hydroxylation sites is 1. The molecule has 1 saturated heterocycles. The fraction of sp³-hybridized carbons (Fsp3) is 0.241. The number of benzene rings is 3. The van der Waals surface area contributed by atoms with Gasteiger partial charge in [0.15, 0.2) is 0 Å². The van der Waals surface area contributed by atoms with E-state index in [2.05, 4.69) is 34.5 Å². The molecule has 3 aromatic carbocycles. The van der Waals surface area contributed by atoms with Gasteiger partial charge >= 0.3 is 0 Å². The van der Waals surface area contributed by atoms with E-state index in [1.807, 2.05) is 61.5 Å². The van der Waals surface area contributed by atoms with E-state index in [0.717, 1.165) is 43.1 Å². The van der Waals surface area contributed by atoms with Crippen molar-refractivity contribution >= 4 is 11.6 Å². The molecule has 1 fully saturated rings. The highest BCUT2D eigenvalue weighted by molar-refractivity contribution is 6.00. The van der Waals surface area contributed by atoms with Gasteiger partial charge in [0, 0.05) is 30.5 Å². The van der Waals surface area contributed by atoms with Gasteiger partial charge < -0.3 is 19.7 Å². The molecule has 1 N–H and O–H groups in total. The lowest BCUT2D eigenvalue weighted by Gasteiger charge is -2.29. The zero-order valence-electron chi connectivity index (χ0n) is 20.6. The van der Waals surface area contributed by atoms with Crippen molar-refractivity contribution in [1.29, 1.82) is 0 Å². The molecule has 1 aromatic heterocycles. The molecule has 0 aliphatic carbocycles. The fourth-order valence-corrected chi connectivity index (χ4v) is 4.39. The van der Waals surface area contributed by atoms with Gasteiger partial charge in [0.2, 0.25) is 0 Å². The van der Waals surface area contributed by atoms with Crippen LogP contribution in [0.1, 0.15) is 28.9 Å². The van der Waals surface area contributed by atoms with Crippen LogP contribution in [-0.2, 0) is 4.74 Å². The Kier molecular flexibility index (Phi) is 7.00. The molecule has 7 heteroatoms. The van der Waals surface area contributed by atoms with Gasteiger partial charge in [-0.25, -0.2) is 4.68 Å². The number of rotatable bonds is 7. The van der Waals surface area contributed by atoms with Gasteiger partial charge in [-0.15, -0.1) is 0 Å². The van der Waals surface area contributed by atoms with Crippen molar-refractivity contribution in [3.8, 4) is 22.7 Å². The predicted octanol–water partition coefficient (Wildman–Crippen LogP) is 4.88. The summed E-state index contributed by atoms with van der Waals surface area (Å²) in [4.78, 5) is 15.8. The molecule has 5 rings (SSSR count). The number of amides is 1. The molecular weight excluding hydrogens is 452 g/mol. The number of methoxy groups -OCH3 is 1. The number of carbonyl (C=O) groups is 1. The van der Waals surface area contributed by atoms with E-state index in [0.29, 0.717) is 17.0 Å². The highest BCUT2D eigenvalue weighted by atomic mass is 16.5. The van der Waals surface area contributed by atoms with Crippen molar-refractivity contribution in [2.45, 2.75) is 13.0 Å². The lowest BCUT2D eigenvalue weighted by molar-refractivity contribution is 0.0940. The molecule has 0 saturated carbocycles. The predicted molar refractivity (Wildman–Crippen MR) is 141 cm³/mol. The molecule has 4 aromatic rings. The van der Waals surface area contributed by atoms with Crippen LogP contribution >= 0.6 is 0 Å². The third-order valence-electron chi connectivity index (χ3n) is 6.44. The molecule has 0 spiro atoms. The summed E-state index contributed by atoms with van der Waals surface area (Å²) >= 11 is 0. The first-order chi connectivity index (χ1) is 17.6. The summed E-state index contributed by atoms with van der Waals surface area (Å²) in [5.74, 6) is 0.529. The molecule has 36 heavy (non-hydrogen) atoms. The van der Waals surface area contributed by atoms with E-state index < -0.39 is 0 Å². The maximum absolute atomic E-state index is 13.5. The number of hydrogen-bond donors (Lipinski definition) is 1. The molecular formula is C29H30N4O3. The highest BCUT2D eigenvalue weighted by Gasteiger charge is 2.21. The van der Waals surface area contributed by atoms with Crippen LogP contribution in [-0.4, -0.2) is 49.1 Å². The number of ether oxygens (including phenoxy) is 2. The number of aromatic nitrogens is 2. The fourth-order valence-electron chi connectivity index (χ4n) is 4.39. The number of nitrogens with zero attached hydrogens (tertiary/aromatic N) is 3. The summed E-state index contributed by atoms with van der Waals surface area (Å²) in [6.45, 7) is 5.28. The van der Waals surface area contributed by atoms with Crippen LogP contribution < -0.4 is 15.0 Å². The number of morpholine rings is 1. The van der Waals surface area contributed by atoms with Crippen LogP contribution in [0.15, 0.2) is 85.1 Å². The van der Waals surface area contributed by atoms with Crippen molar-refractivity contribution in [3.05, 3.63) is 96.2 Å². The minimum atomic E-state index is -0.181. The second-order valence-electron chi connectivity index (χ2n) is 8.79. The first-order valence-corrected chi connectivity index (χ1v) is 12.2. The van der Waals surface area contributed by atoms with Crippen molar-refractivity contribution in [1.82, 2.24) is 15.1 Å². The third-order valence-corrected chi connectivity index (χ3v) is 6.44. The number of nitrogens with one attached hydrogen (secondary N) is 1. The lowest BCUT2D eigenvalue weighted by Crippen LogP contribution is -2.36. The average Bonchev–Trinajstić information content (AvgIpc) is 3.40. The Morgan fingerprint density at radius 1 is 0.972 bits per heavy atom. The van der Waals surface area contributed by atoms with Gasteiger partial charge in [-0.1, -0.05) is 42.5 Å². The van der Waals surface area contributed by atoms with Gasteiger partial charge in [-0.05, 0) is 48.9 Å². The molecule has 1 amide bonds. The Labute approximate surface area is 211 Å². The van der Waals surface area contributed by atoms with Gasteiger partial charge in [-0.2, -0.15) is 5.10 Å². The maximum Gasteiger partial charge on any atom is 0.255 e. The largest absolute Gasteiger partial charge is 0.497 e. The monoisotopic (exact) mass is 482 g/mol. The molecule has 0 bridgehead atoms. The molecule has 1 atom stereocenters. The molecule has 184 valence electrons. The lowest BCUT2D eigenvalue weighted by atomic mass is 10.0. The minimum absolute atomic E-state index is 0.172. The average molecular weight is 483 g/mol. The second-order valence-corrected chi connectivity index (χ2v) is 8.79. The van der Waals surface area contributed by atoms with Crippen LogP contribution in [0, 0.1) is 0 Å². The normalized spacial score (nSPS) is 14.3. The van der Waals surface area contributed by atoms with Gasteiger partial charge in [0.05, 0.1) is 37.6 Å². The molecule has 0 radical (unpaired) electrons. The summed E-state index contributed by atoms with van der Waals surface area (Å²) in [6.07, 6.45) is 1.79. The standard InChI is InChI=1S/C29H30N4O3/c1-21(22-11-13-24(14-12-22)32-15-17-36-18-16-32)30-29(34)27-20-33(25-8-4-3-5-9-25)31-28(27)23-7-6-10-26(19-23)35-2/h3-14,19-21H,15-18H2,1-2H3,(H,30,34). The van der Waals surface area contributed by atoms with Crippen molar-refractivity contribution in [2.24, 2.45) is 0 Å². The molecule has 1 aliphatic rings. The quantitative estimate of drug-likeness (QED) is 0.407. The molecule has 2 heterocycles. The summed E-state index contributed by atoms with van der Waals surface area (Å²) in [5.41, 5.74) is 5.02. The Hall–Kier alpha value is -4.10. The summed E-state index contributed by atoms with van der Waals surface area (Å²) in [7, 11) is 1.63. The van der Waals surface area contributed by atoms with Crippen LogP contribution in [0.25, 0.3) is 16.9 Å². The summed E-state index contributed by atoms with van der Waals surface area (Å²) in [5, 5.41) is 7.93. The van der Waals surface area contributed by atoms with Crippen LogP contribution in [0.2, 0.25) is 0 Å². The van der Waals surface area contributed by atoms with Crippen molar-refractivity contribution in [2.75, 3.05) is 38.3 Å². The van der Waals surface area contributed by atoms with E-state index in [-0.39, 0.29) is 11.9 Å². The Morgan fingerprint density at radius 2 is 1.72 bits per heavy atom. The van der Waals surface area contributed by atoms with Crippen LogP contribution in [0.5, 0.6) is 5.75 Å². The Morgan fingerprint density at radius 3 is 2.44 bits per heavy atom. The van der Waals surface area contributed by atoms with Crippen molar-refractivity contribution in [3.63, 3.8) is 0 Å². The molecule has 7 nitrogen and oxygen atoms in total. The smallest absolute Gasteiger partial charge is 0.255 e. The van der Waals surface area contributed by atoms with E-state index in [1.54, 1.807) is 18.0 Å². The van der Waals surface area contributed by atoms with Crippen LogP contribution in [0.3, 0.4) is 0 Å². The topological polar surface area (TPSA) is 68.6 Å². The maximum atomic E-state index is 13.5. The highest BCUT2D eigenvalue weighted by Crippen LogP contribution is 2.28. The van der Waals surface area contributed by atoms with Gasteiger partial charge in [0.25, 0.3) is 5.91 Å². The van der Waals surface area contributed by atoms with Crippen LogP contribution in [0.4, 0.5) is 5.69 Å². The van der Waals surface area contributed by atoms with E-state index >= 15 is 0 Å². The van der Waals surface area contributed by atoms with E-state index in [1.165, 1.54) is 5.69 Å². The first kappa shape index (κ1) is 23.6. The van der Waals surface area contributed by atoms with Gasteiger partial charge in [-0.3, -0.25) is 4.79 Å². The zero-order chi connectivity index (χ0) is 24.9. The Balaban J connectivity index is 1.40. The number of anilines is 1. The second kappa shape index (κ2) is 10.7. The number of carbonyl (C=O) groups excluding carboxylic acids is 1. The minimum Gasteiger partial charge on any atom is -0.497 e. The SMILES string of the molecule is COc1cccc(-c2nn(-c3ccccc3)cc2C(=O)NC(C)c2ccc(N3CCOCC3)cc2)c1. The molecule has 1 aliphatic heterocycles. The molecule has 1 unspecified atom stereocenters. The van der Waals surface area contributed by atoms with Crippen molar-refractivity contribution < 1.29 is 14.3 Å². The van der Waals surface area contributed by atoms with E-state index in [9.17, 15) is 4.79 Å². The van der Waals surface area contributed by atoms with Gasteiger partial charge in [0.1, 0.15) is 11.4 Å². The third kappa shape index (κ3) is 5.11. The number of hydrogen-bond acceptors (Lipinski definition) is 5. The van der Waals surface area contributed by atoms with E-state index in [4.69, 9.17) is 14.6 Å². The Bertz CT molecular complexity index is 1310. The first-order valence-electron chi connectivity index (χ1n) is 12.2. The summed E-state index contributed by atoms with van der Waals surface area (Å²) < 4.78 is 12.6. The zero-order valence-corrected chi connectivity index (χ0v) is 20.6.